The van der Waals surface area contributed by atoms with E-state index in [1.165, 1.54) is 25.0 Å². The summed E-state index contributed by atoms with van der Waals surface area (Å²) >= 11 is 0. The predicted molar refractivity (Wildman–Crippen MR) is 93.5 cm³/mol. The van der Waals surface area contributed by atoms with Crippen LogP contribution in [0.5, 0.6) is 0 Å². The van der Waals surface area contributed by atoms with Crippen molar-refractivity contribution in [2.45, 2.75) is 58.1 Å². The number of rotatable bonds is 5. The lowest BCUT2D eigenvalue weighted by molar-refractivity contribution is 0.0514. The van der Waals surface area contributed by atoms with Crippen molar-refractivity contribution in [3.63, 3.8) is 0 Å². The van der Waals surface area contributed by atoms with E-state index in [0.29, 0.717) is 12.6 Å². The van der Waals surface area contributed by atoms with Gasteiger partial charge in [0.05, 0.1) is 0 Å². The van der Waals surface area contributed by atoms with Gasteiger partial charge in [0.25, 0.3) is 0 Å². The molecule has 1 aromatic carbocycles. The molecule has 5 heteroatoms. The Balaban J connectivity index is 1.97. The van der Waals surface area contributed by atoms with Gasteiger partial charge >= 0.3 is 6.09 Å². The molecule has 1 aliphatic rings. The SMILES string of the molecule is CC(C)(C)OC(=O)NC[C@@H](Cc1ccc(F)cc1)[C@H]1CCCCN1. The first kappa shape index (κ1) is 18.7. The molecule has 0 aliphatic carbocycles. The van der Waals surface area contributed by atoms with E-state index >= 15 is 0 Å². The summed E-state index contributed by atoms with van der Waals surface area (Å²) in [6.07, 6.45) is 3.90. The van der Waals surface area contributed by atoms with E-state index in [-0.39, 0.29) is 17.8 Å². The van der Waals surface area contributed by atoms with Crippen molar-refractivity contribution in [3.05, 3.63) is 35.6 Å². The zero-order valence-corrected chi connectivity index (χ0v) is 14.9. The van der Waals surface area contributed by atoms with E-state index in [0.717, 1.165) is 24.9 Å². The monoisotopic (exact) mass is 336 g/mol. The molecule has 1 fully saturated rings. The highest BCUT2D eigenvalue weighted by Gasteiger charge is 2.25. The fourth-order valence-electron chi connectivity index (χ4n) is 3.09. The summed E-state index contributed by atoms with van der Waals surface area (Å²) in [6.45, 7) is 7.11. The zero-order valence-electron chi connectivity index (χ0n) is 14.9. The molecule has 1 aliphatic heterocycles. The standard InChI is InChI=1S/C19H29FN2O2/c1-19(2,3)24-18(23)22-13-15(17-6-4-5-11-21-17)12-14-7-9-16(20)10-8-14/h7-10,15,17,21H,4-6,11-13H2,1-3H3,(H,22,23)/t15-,17-/m1/s1. The van der Waals surface area contributed by atoms with E-state index in [9.17, 15) is 9.18 Å². The Morgan fingerprint density at radius 1 is 1.33 bits per heavy atom. The summed E-state index contributed by atoms with van der Waals surface area (Å²) in [6, 6.07) is 6.97. The van der Waals surface area contributed by atoms with Crippen molar-refractivity contribution >= 4 is 6.09 Å². The Bertz CT molecular complexity index is 519. The van der Waals surface area contributed by atoms with Crippen molar-refractivity contribution in [2.75, 3.05) is 13.1 Å². The minimum absolute atomic E-state index is 0.224. The van der Waals surface area contributed by atoms with Crippen molar-refractivity contribution in [1.82, 2.24) is 10.6 Å². The quantitative estimate of drug-likeness (QED) is 0.863. The first-order valence-electron chi connectivity index (χ1n) is 8.78. The second-order valence-corrected chi connectivity index (χ2v) is 7.53. The van der Waals surface area contributed by atoms with Gasteiger partial charge in [-0.2, -0.15) is 0 Å². The van der Waals surface area contributed by atoms with Crippen LogP contribution in [0.1, 0.15) is 45.6 Å². The summed E-state index contributed by atoms with van der Waals surface area (Å²) < 4.78 is 18.4. The van der Waals surface area contributed by atoms with Gasteiger partial charge in [-0.3, -0.25) is 0 Å². The van der Waals surface area contributed by atoms with Crippen molar-refractivity contribution in [3.8, 4) is 0 Å². The van der Waals surface area contributed by atoms with Crippen LogP contribution in [0.4, 0.5) is 9.18 Å². The van der Waals surface area contributed by atoms with E-state index in [2.05, 4.69) is 10.6 Å². The van der Waals surface area contributed by atoms with Crippen LogP contribution in [0.15, 0.2) is 24.3 Å². The van der Waals surface area contributed by atoms with Gasteiger partial charge in [0.2, 0.25) is 0 Å². The molecule has 1 saturated heterocycles. The summed E-state index contributed by atoms with van der Waals surface area (Å²) in [7, 11) is 0. The third-order valence-electron chi connectivity index (χ3n) is 4.24. The summed E-state index contributed by atoms with van der Waals surface area (Å²) in [4.78, 5) is 11.9. The van der Waals surface area contributed by atoms with Crippen LogP contribution in [-0.2, 0) is 11.2 Å². The van der Waals surface area contributed by atoms with Gasteiger partial charge in [-0.25, -0.2) is 9.18 Å². The molecule has 1 amide bonds. The van der Waals surface area contributed by atoms with Gasteiger partial charge in [0.15, 0.2) is 0 Å². The zero-order chi connectivity index (χ0) is 17.6. The predicted octanol–water partition coefficient (Wildman–Crippen LogP) is 3.65. The number of carbonyl (C=O) groups is 1. The highest BCUT2D eigenvalue weighted by Crippen LogP contribution is 2.20. The van der Waals surface area contributed by atoms with E-state index < -0.39 is 5.60 Å². The molecule has 2 rings (SSSR count). The number of piperidine rings is 1. The molecule has 1 heterocycles. The van der Waals surface area contributed by atoms with Crippen LogP contribution < -0.4 is 10.6 Å². The highest BCUT2D eigenvalue weighted by molar-refractivity contribution is 5.67. The van der Waals surface area contributed by atoms with Crippen molar-refractivity contribution in [2.24, 2.45) is 5.92 Å². The van der Waals surface area contributed by atoms with E-state index in [1.807, 2.05) is 32.9 Å². The molecule has 0 saturated carbocycles. The molecule has 0 radical (unpaired) electrons. The molecule has 2 atom stereocenters. The Labute approximate surface area is 144 Å². The molecule has 24 heavy (non-hydrogen) atoms. The Morgan fingerprint density at radius 2 is 2.04 bits per heavy atom. The van der Waals surface area contributed by atoms with Crippen LogP contribution in [0.2, 0.25) is 0 Å². The van der Waals surface area contributed by atoms with E-state index in [4.69, 9.17) is 4.74 Å². The number of alkyl carbamates (subject to hydrolysis) is 1. The minimum Gasteiger partial charge on any atom is -0.444 e. The van der Waals surface area contributed by atoms with Crippen LogP contribution >= 0.6 is 0 Å². The molecule has 0 bridgehead atoms. The number of halogens is 1. The van der Waals surface area contributed by atoms with Crippen LogP contribution in [0.25, 0.3) is 0 Å². The third-order valence-corrected chi connectivity index (χ3v) is 4.24. The topological polar surface area (TPSA) is 50.4 Å². The third kappa shape index (κ3) is 6.48. The average Bonchev–Trinajstić information content (AvgIpc) is 2.52. The smallest absolute Gasteiger partial charge is 0.407 e. The Kier molecular flexibility index (Phi) is 6.60. The lowest BCUT2D eigenvalue weighted by Crippen LogP contribution is -2.46. The lowest BCUT2D eigenvalue weighted by atomic mass is 9.87. The van der Waals surface area contributed by atoms with E-state index in [1.54, 1.807) is 0 Å². The minimum atomic E-state index is -0.500. The second-order valence-electron chi connectivity index (χ2n) is 7.53. The second kappa shape index (κ2) is 8.47. The first-order chi connectivity index (χ1) is 11.3. The molecule has 0 aromatic heterocycles. The normalized spacial score (nSPS) is 19.6. The van der Waals surface area contributed by atoms with Gasteiger partial charge in [0.1, 0.15) is 11.4 Å². The average molecular weight is 336 g/mol. The molecule has 0 spiro atoms. The Morgan fingerprint density at radius 3 is 2.62 bits per heavy atom. The maximum Gasteiger partial charge on any atom is 0.407 e. The molecule has 1 aromatic rings. The van der Waals surface area contributed by atoms with Gasteiger partial charge < -0.3 is 15.4 Å². The number of carbonyl (C=O) groups excluding carboxylic acids is 1. The van der Waals surface area contributed by atoms with Crippen molar-refractivity contribution < 1.29 is 13.9 Å². The fraction of sp³-hybridized carbons (Fsp3) is 0.632. The number of hydrogen-bond donors (Lipinski definition) is 2. The molecule has 4 nitrogen and oxygen atoms in total. The van der Waals surface area contributed by atoms with Crippen LogP contribution in [-0.4, -0.2) is 30.8 Å². The number of ether oxygens (including phenoxy) is 1. The number of amides is 1. The molecule has 134 valence electrons. The summed E-state index contributed by atoms with van der Waals surface area (Å²) in [5.74, 6) is 0.0289. The lowest BCUT2D eigenvalue weighted by Gasteiger charge is -2.32. The summed E-state index contributed by atoms with van der Waals surface area (Å²) in [5.41, 5.74) is 0.583. The maximum atomic E-state index is 13.1. The van der Waals surface area contributed by atoms with Gasteiger partial charge in [-0.15, -0.1) is 0 Å². The van der Waals surface area contributed by atoms with Crippen LogP contribution in [0.3, 0.4) is 0 Å². The summed E-state index contributed by atoms with van der Waals surface area (Å²) in [5, 5.41) is 6.45. The Hall–Kier alpha value is -1.62. The van der Waals surface area contributed by atoms with Crippen molar-refractivity contribution in [1.29, 1.82) is 0 Å². The van der Waals surface area contributed by atoms with Crippen LogP contribution in [0, 0.1) is 11.7 Å². The van der Waals surface area contributed by atoms with Gasteiger partial charge in [-0.05, 0) is 70.2 Å². The van der Waals surface area contributed by atoms with Gasteiger partial charge in [0, 0.05) is 12.6 Å². The largest absolute Gasteiger partial charge is 0.444 e. The number of benzene rings is 1. The molecule has 0 unspecified atom stereocenters. The molecule has 2 N–H and O–H groups in total. The molecular weight excluding hydrogens is 307 g/mol. The molecular formula is C19H29FN2O2. The highest BCUT2D eigenvalue weighted by atomic mass is 19.1. The van der Waals surface area contributed by atoms with Gasteiger partial charge in [-0.1, -0.05) is 18.6 Å². The first-order valence-corrected chi connectivity index (χ1v) is 8.78. The number of hydrogen-bond acceptors (Lipinski definition) is 3. The number of nitrogens with one attached hydrogen (secondary N) is 2. The maximum absolute atomic E-state index is 13.1. The fourth-order valence-corrected chi connectivity index (χ4v) is 3.09.